The number of pyridine rings is 1. The maximum Gasteiger partial charge on any atom is 0.270 e. The Hall–Kier alpha value is -2.90. The van der Waals surface area contributed by atoms with Crippen LogP contribution in [0.1, 0.15) is 23.2 Å². The molecule has 2 heterocycles. The number of nitro benzene ring substituents is 1. The lowest BCUT2D eigenvalue weighted by atomic mass is 10.0. The van der Waals surface area contributed by atoms with Gasteiger partial charge in [0.25, 0.3) is 11.6 Å². The standard InChI is InChI=1S/C21H18Cl2N4O3/c22-14-1-3-17-13(11-14)5-8-24-20(17)26-9-6-15(7-10-26)25-21(28)18-4-2-16(27(29)30)12-19(18)23/h1-5,8,11-12,15H,6-7,9-10H2,(H,25,28). The van der Waals surface area contributed by atoms with Gasteiger partial charge in [0.1, 0.15) is 5.82 Å². The van der Waals surface area contributed by atoms with E-state index in [0.717, 1.165) is 42.5 Å². The summed E-state index contributed by atoms with van der Waals surface area (Å²) in [5, 5.41) is 16.6. The van der Waals surface area contributed by atoms with E-state index in [2.05, 4.69) is 15.2 Å². The lowest BCUT2D eigenvalue weighted by Crippen LogP contribution is -2.45. The summed E-state index contributed by atoms with van der Waals surface area (Å²) >= 11 is 12.2. The first-order valence-corrected chi connectivity index (χ1v) is 10.2. The van der Waals surface area contributed by atoms with Crippen LogP contribution in [0, 0.1) is 10.1 Å². The zero-order valence-corrected chi connectivity index (χ0v) is 17.4. The quantitative estimate of drug-likeness (QED) is 0.458. The van der Waals surface area contributed by atoms with Gasteiger partial charge in [-0.15, -0.1) is 0 Å². The second kappa shape index (κ2) is 8.45. The summed E-state index contributed by atoms with van der Waals surface area (Å²) in [6.45, 7) is 1.49. The van der Waals surface area contributed by atoms with Gasteiger partial charge >= 0.3 is 0 Å². The molecule has 1 amide bonds. The van der Waals surface area contributed by atoms with Crippen LogP contribution >= 0.6 is 23.2 Å². The number of hydrogen-bond donors (Lipinski definition) is 1. The van der Waals surface area contributed by atoms with Gasteiger partial charge in [-0.1, -0.05) is 23.2 Å². The number of nitro groups is 1. The van der Waals surface area contributed by atoms with Gasteiger partial charge < -0.3 is 10.2 Å². The fourth-order valence-electron chi connectivity index (χ4n) is 3.69. The highest BCUT2D eigenvalue weighted by Crippen LogP contribution is 2.29. The van der Waals surface area contributed by atoms with Crippen molar-refractivity contribution >= 4 is 51.4 Å². The van der Waals surface area contributed by atoms with Gasteiger partial charge in [0.2, 0.25) is 0 Å². The Kier molecular flexibility index (Phi) is 5.74. The minimum atomic E-state index is -0.543. The SMILES string of the molecule is O=C(NC1CCN(c2nccc3cc(Cl)ccc23)CC1)c1ccc([N+](=O)[O-])cc1Cl. The molecular weight excluding hydrogens is 427 g/mol. The zero-order valence-electron chi connectivity index (χ0n) is 15.8. The van der Waals surface area contributed by atoms with Gasteiger partial charge in [-0.05, 0) is 48.6 Å². The van der Waals surface area contributed by atoms with Crippen LogP contribution < -0.4 is 10.2 Å². The van der Waals surface area contributed by atoms with Crippen LogP contribution in [0.4, 0.5) is 11.5 Å². The topological polar surface area (TPSA) is 88.4 Å². The van der Waals surface area contributed by atoms with Crippen molar-refractivity contribution in [2.24, 2.45) is 0 Å². The van der Waals surface area contributed by atoms with Crippen LogP contribution in [0.5, 0.6) is 0 Å². The van der Waals surface area contributed by atoms with Crippen LogP contribution in [0.3, 0.4) is 0 Å². The molecule has 0 unspecified atom stereocenters. The smallest absolute Gasteiger partial charge is 0.270 e. The molecule has 1 aromatic heterocycles. The van der Waals surface area contributed by atoms with Crippen molar-refractivity contribution in [2.75, 3.05) is 18.0 Å². The predicted molar refractivity (Wildman–Crippen MR) is 118 cm³/mol. The third kappa shape index (κ3) is 4.17. The normalized spacial score (nSPS) is 14.7. The Morgan fingerprint density at radius 2 is 1.90 bits per heavy atom. The summed E-state index contributed by atoms with van der Waals surface area (Å²) in [4.78, 5) is 29.6. The highest BCUT2D eigenvalue weighted by atomic mass is 35.5. The van der Waals surface area contributed by atoms with Crippen molar-refractivity contribution < 1.29 is 9.72 Å². The van der Waals surface area contributed by atoms with Crippen molar-refractivity contribution in [3.8, 4) is 0 Å². The molecule has 0 aliphatic carbocycles. The van der Waals surface area contributed by atoms with Crippen LogP contribution in [0.25, 0.3) is 10.8 Å². The molecule has 1 aliphatic rings. The maximum absolute atomic E-state index is 12.6. The molecule has 1 saturated heterocycles. The van der Waals surface area contributed by atoms with Crippen LogP contribution in [0.2, 0.25) is 10.0 Å². The highest BCUT2D eigenvalue weighted by Gasteiger charge is 2.24. The maximum atomic E-state index is 12.6. The number of hydrogen-bond acceptors (Lipinski definition) is 5. The molecule has 30 heavy (non-hydrogen) atoms. The number of nitrogens with zero attached hydrogens (tertiary/aromatic N) is 3. The molecule has 2 aromatic carbocycles. The number of nitrogens with one attached hydrogen (secondary N) is 1. The molecule has 0 atom stereocenters. The monoisotopic (exact) mass is 444 g/mol. The van der Waals surface area contributed by atoms with E-state index in [1.807, 2.05) is 24.3 Å². The molecular formula is C21H18Cl2N4O3. The number of rotatable bonds is 4. The molecule has 9 heteroatoms. The first-order chi connectivity index (χ1) is 14.4. The van der Waals surface area contributed by atoms with Gasteiger partial charge in [0.05, 0.1) is 15.5 Å². The summed E-state index contributed by atoms with van der Waals surface area (Å²) in [5.74, 6) is 0.582. The summed E-state index contributed by atoms with van der Waals surface area (Å²) < 4.78 is 0. The number of non-ortho nitro benzene ring substituents is 1. The summed E-state index contributed by atoms with van der Waals surface area (Å²) in [6, 6.07) is 11.5. The van der Waals surface area contributed by atoms with Crippen LogP contribution in [-0.2, 0) is 0 Å². The minimum Gasteiger partial charge on any atom is -0.356 e. The lowest BCUT2D eigenvalue weighted by Gasteiger charge is -2.33. The minimum absolute atomic E-state index is 0.00979. The summed E-state index contributed by atoms with van der Waals surface area (Å²) in [7, 11) is 0. The van der Waals surface area contributed by atoms with Crippen molar-refractivity contribution in [3.63, 3.8) is 0 Å². The van der Waals surface area contributed by atoms with E-state index in [9.17, 15) is 14.9 Å². The molecule has 0 bridgehead atoms. The van der Waals surface area contributed by atoms with E-state index >= 15 is 0 Å². The van der Waals surface area contributed by atoms with Gasteiger partial charge in [-0.25, -0.2) is 4.98 Å². The second-order valence-electron chi connectivity index (χ2n) is 7.16. The van der Waals surface area contributed by atoms with Crippen molar-refractivity contribution in [2.45, 2.75) is 18.9 Å². The van der Waals surface area contributed by atoms with E-state index in [4.69, 9.17) is 23.2 Å². The molecule has 4 rings (SSSR count). The number of aromatic nitrogens is 1. The van der Waals surface area contributed by atoms with Crippen molar-refractivity contribution in [1.29, 1.82) is 0 Å². The van der Waals surface area contributed by atoms with E-state index in [1.54, 1.807) is 6.20 Å². The average Bonchev–Trinajstić information content (AvgIpc) is 2.73. The molecule has 1 N–H and O–H groups in total. The summed E-state index contributed by atoms with van der Waals surface area (Å²) in [6.07, 6.45) is 3.28. The van der Waals surface area contributed by atoms with Gasteiger partial charge in [0, 0.05) is 47.9 Å². The third-order valence-electron chi connectivity index (χ3n) is 5.24. The van der Waals surface area contributed by atoms with Crippen LogP contribution in [-0.4, -0.2) is 34.9 Å². The lowest BCUT2D eigenvalue weighted by molar-refractivity contribution is -0.384. The molecule has 0 radical (unpaired) electrons. The zero-order chi connectivity index (χ0) is 21.3. The number of amides is 1. The Bertz CT molecular complexity index is 1130. The van der Waals surface area contributed by atoms with Gasteiger partial charge in [-0.3, -0.25) is 14.9 Å². The largest absolute Gasteiger partial charge is 0.356 e. The second-order valence-corrected chi connectivity index (χ2v) is 8.00. The number of benzene rings is 2. The van der Waals surface area contributed by atoms with E-state index in [-0.39, 0.29) is 28.2 Å². The first kappa shape index (κ1) is 20.4. The molecule has 3 aromatic rings. The molecule has 0 spiro atoms. The van der Waals surface area contributed by atoms with Gasteiger partial charge in [0.15, 0.2) is 0 Å². The predicted octanol–water partition coefficient (Wildman–Crippen LogP) is 4.85. The number of fused-ring (bicyclic) bond motifs is 1. The van der Waals surface area contributed by atoms with Crippen molar-refractivity contribution in [1.82, 2.24) is 10.3 Å². The van der Waals surface area contributed by atoms with E-state index < -0.39 is 4.92 Å². The summed E-state index contributed by atoms with van der Waals surface area (Å²) in [5.41, 5.74) is 0.0889. The number of piperidine rings is 1. The molecule has 1 aliphatic heterocycles. The number of halogens is 2. The fourth-order valence-corrected chi connectivity index (χ4v) is 4.13. The number of anilines is 1. The first-order valence-electron chi connectivity index (χ1n) is 9.46. The number of carbonyl (C=O) groups is 1. The Morgan fingerprint density at radius 3 is 2.60 bits per heavy atom. The van der Waals surface area contributed by atoms with Crippen molar-refractivity contribution in [3.05, 3.63) is 74.4 Å². The third-order valence-corrected chi connectivity index (χ3v) is 5.79. The highest BCUT2D eigenvalue weighted by molar-refractivity contribution is 6.34. The van der Waals surface area contributed by atoms with E-state index in [1.165, 1.54) is 18.2 Å². The molecule has 1 fully saturated rings. The van der Waals surface area contributed by atoms with E-state index in [0.29, 0.717) is 5.02 Å². The Morgan fingerprint density at radius 1 is 1.13 bits per heavy atom. The Balaban J connectivity index is 1.42. The van der Waals surface area contributed by atoms with Gasteiger partial charge in [-0.2, -0.15) is 0 Å². The van der Waals surface area contributed by atoms with Crippen LogP contribution in [0.15, 0.2) is 48.7 Å². The fraction of sp³-hybridized carbons (Fsp3) is 0.238. The average molecular weight is 445 g/mol. The molecule has 7 nitrogen and oxygen atoms in total. The number of carbonyl (C=O) groups excluding carboxylic acids is 1. The molecule has 154 valence electrons. The Labute approximate surface area is 182 Å². The molecule has 0 saturated carbocycles.